The summed E-state index contributed by atoms with van der Waals surface area (Å²) in [6, 6.07) is 6.82. The zero-order valence-corrected chi connectivity index (χ0v) is 40.3. The van der Waals surface area contributed by atoms with Crippen molar-refractivity contribution in [2.45, 2.75) is 141 Å². The van der Waals surface area contributed by atoms with Crippen molar-refractivity contribution in [1.82, 2.24) is 19.5 Å². The van der Waals surface area contributed by atoms with Crippen LogP contribution in [0.4, 0.5) is 0 Å². The number of aromatic nitrogens is 1. The van der Waals surface area contributed by atoms with Crippen LogP contribution in [-0.4, -0.2) is 116 Å². The van der Waals surface area contributed by atoms with Gasteiger partial charge in [0.25, 0.3) is 0 Å². The minimum atomic E-state index is -4.13. The third-order valence-corrected chi connectivity index (χ3v) is 17.8. The molecule has 5 fully saturated rings. The number of carbonyl (C=O) groups excluding carboxylic acids is 4. The van der Waals surface area contributed by atoms with Crippen LogP contribution in [0.15, 0.2) is 49.1 Å². The van der Waals surface area contributed by atoms with Gasteiger partial charge in [0.05, 0.1) is 54.6 Å². The lowest BCUT2D eigenvalue weighted by atomic mass is 9.77. The van der Waals surface area contributed by atoms with Gasteiger partial charge in [0.2, 0.25) is 27.7 Å². The van der Waals surface area contributed by atoms with Gasteiger partial charge in [0, 0.05) is 37.9 Å². The average Bonchev–Trinajstić information content (AvgIpc) is 4.15. The molecule has 15 heteroatoms. The predicted octanol–water partition coefficient (Wildman–Crippen LogP) is 6.88. The third kappa shape index (κ3) is 9.95. The normalized spacial score (nSPS) is 29.6. The number of carbonyl (C=O) groups is 4. The van der Waals surface area contributed by atoms with E-state index in [1.54, 1.807) is 13.0 Å². The number of fused-ring (bicyclic) bond motifs is 5. The summed E-state index contributed by atoms with van der Waals surface area (Å²) in [7, 11) is -4.13. The molecule has 0 radical (unpaired) electrons. The van der Waals surface area contributed by atoms with E-state index in [9.17, 15) is 22.8 Å². The predicted molar refractivity (Wildman–Crippen MR) is 250 cm³/mol. The summed E-state index contributed by atoms with van der Waals surface area (Å²) in [5.74, 6) is -1.85. The molecule has 14 nitrogen and oxygen atoms in total. The summed E-state index contributed by atoms with van der Waals surface area (Å²) in [5, 5.41) is 0.881. The third-order valence-electron chi connectivity index (χ3n) is 15.5. The number of hydrogen-bond acceptors (Lipinski definition) is 12. The smallest absolute Gasteiger partial charge is 0.306 e. The lowest BCUT2D eigenvalue weighted by Crippen LogP contribution is -2.49. The van der Waals surface area contributed by atoms with Gasteiger partial charge in [-0.15, -0.1) is 6.58 Å². The molecule has 2 saturated heterocycles. The molecule has 1 N–H and O–H groups in total. The maximum atomic E-state index is 15.1. The van der Waals surface area contributed by atoms with Crippen LogP contribution >= 0.6 is 0 Å². The largest absolute Gasteiger partial charge is 0.491 e. The van der Waals surface area contributed by atoms with E-state index in [1.807, 2.05) is 45.0 Å². The van der Waals surface area contributed by atoms with Crippen molar-refractivity contribution in [3.8, 4) is 11.6 Å². The highest BCUT2D eigenvalue weighted by Gasteiger charge is 2.63. The molecule has 66 heavy (non-hydrogen) atoms. The number of Topliss-reactive ketones (excluding diaryl/α,β-unsaturated/α-hetero) is 1. The van der Waals surface area contributed by atoms with Crippen molar-refractivity contribution in [2.24, 2.45) is 28.6 Å². The fraction of sp³-hybridized carbons (Fsp3) is 0.667. The molecular weight excluding hydrogens is 861 g/mol. The van der Waals surface area contributed by atoms with Crippen molar-refractivity contribution in [3.05, 3.63) is 54.6 Å². The average molecular weight is 931 g/mol. The number of amides is 2. The highest BCUT2D eigenvalue weighted by molar-refractivity contribution is 7.92. The van der Waals surface area contributed by atoms with Crippen molar-refractivity contribution in [1.29, 1.82) is 0 Å². The molecule has 1 aromatic heterocycles. The number of para-hydroxylation sites is 1. The van der Waals surface area contributed by atoms with E-state index in [0.717, 1.165) is 81.3 Å². The summed E-state index contributed by atoms with van der Waals surface area (Å²) in [6.07, 6.45) is 8.39. The lowest BCUT2D eigenvalue weighted by molar-refractivity contribution is -0.158. The Bertz CT molecular complexity index is 2320. The number of pyridine rings is 1. The van der Waals surface area contributed by atoms with Crippen LogP contribution in [0.2, 0.25) is 0 Å². The van der Waals surface area contributed by atoms with Gasteiger partial charge in [-0.2, -0.15) is 0 Å². The Kier molecular flexibility index (Phi) is 14.1. The minimum absolute atomic E-state index is 0.0301. The Morgan fingerprint density at radius 2 is 1.77 bits per heavy atom. The van der Waals surface area contributed by atoms with Gasteiger partial charge in [-0.1, -0.05) is 64.0 Å². The fourth-order valence-corrected chi connectivity index (χ4v) is 12.8. The van der Waals surface area contributed by atoms with Crippen molar-refractivity contribution >= 4 is 44.5 Å². The molecule has 360 valence electrons. The van der Waals surface area contributed by atoms with Gasteiger partial charge in [-0.25, -0.2) is 13.4 Å². The van der Waals surface area contributed by atoms with E-state index in [-0.39, 0.29) is 55.9 Å². The first-order chi connectivity index (χ1) is 31.5. The molecular formula is C51H70N4O10S. The van der Waals surface area contributed by atoms with Crippen LogP contribution in [0, 0.1) is 28.6 Å². The first-order valence-corrected chi connectivity index (χ1v) is 25.8. The zero-order chi connectivity index (χ0) is 47.0. The number of ketones is 1. The van der Waals surface area contributed by atoms with E-state index in [0.29, 0.717) is 56.1 Å². The standard InChI is InChI=1S/C51H70N4O10S/c1-7-35-30-50(35,48(59)53-66(60,61)51(20-21-51)33(2)3)31-42(56)41-28-36-32-55(41)47(58)39(49(4,5)6)29-44(57)65-43-19-13-15-34(43)14-9-8-10-17-38-45(63-27-24-54-22-25-62-26-23-54)37-16-11-12-18-40(37)52-46(38)64-36/h7,11-12,16,18,34-36,39,41,43H,1-2,8-10,13-15,17,19-32H2,3-6H3,(H,53,59)/t34-,35?,36-,39-,41+,43-,50-/m1/s1. The quantitative estimate of drug-likeness (QED) is 0.173. The molecule has 1 unspecified atom stereocenters. The summed E-state index contributed by atoms with van der Waals surface area (Å²) in [6.45, 7) is 19.4. The minimum Gasteiger partial charge on any atom is -0.491 e. The summed E-state index contributed by atoms with van der Waals surface area (Å²) in [4.78, 5) is 67.0. The SMILES string of the molecule is C=CC1C[C@]1(CC(=O)[C@@H]1C[C@@H]2CN1C(=O)[C@H](C(C)(C)C)CC(=O)O[C@@H]1CCC[C@H]1CCCCCc1c(nc3ccccc3c1OCCN1CCOCC1)O2)C(=O)NS(=O)(=O)C1(C(=C)C)CC1. The van der Waals surface area contributed by atoms with Gasteiger partial charge in [0.15, 0.2) is 5.78 Å². The molecule has 4 heterocycles. The number of ether oxygens (including phenoxy) is 4. The van der Waals surface area contributed by atoms with Crippen LogP contribution in [0.25, 0.3) is 10.9 Å². The zero-order valence-electron chi connectivity index (χ0n) is 39.4. The van der Waals surface area contributed by atoms with Crippen LogP contribution in [0.5, 0.6) is 11.6 Å². The number of morpholine rings is 1. The summed E-state index contributed by atoms with van der Waals surface area (Å²) in [5.41, 5.74) is -0.0528. The van der Waals surface area contributed by atoms with E-state index < -0.39 is 61.5 Å². The second-order valence-corrected chi connectivity index (χ2v) is 23.0. The second-order valence-electron chi connectivity index (χ2n) is 21.0. The van der Waals surface area contributed by atoms with Gasteiger partial charge >= 0.3 is 5.97 Å². The first kappa shape index (κ1) is 48.1. The van der Waals surface area contributed by atoms with Gasteiger partial charge < -0.3 is 23.8 Å². The molecule has 8 rings (SSSR count). The van der Waals surface area contributed by atoms with Crippen LogP contribution in [0.1, 0.15) is 117 Å². The number of nitrogens with zero attached hydrogens (tertiary/aromatic N) is 3. The number of allylic oxidation sites excluding steroid dienone is 1. The van der Waals surface area contributed by atoms with E-state index in [4.69, 9.17) is 23.9 Å². The molecule has 2 aromatic rings. The van der Waals surface area contributed by atoms with Gasteiger partial charge in [0.1, 0.15) is 29.3 Å². The highest BCUT2D eigenvalue weighted by atomic mass is 32.2. The monoisotopic (exact) mass is 930 g/mol. The molecule has 6 aliphatic rings. The van der Waals surface area contributed by atoms with Gasteiger partial charge in [-0.05, 0) is 94.1 Å². The van der Waals surface area contributed by atoms with Crippen LogP contribution in [-0.2, 0) is 45.1 Å². The number of rotatable bonds is 12. The van der Waals surface area contributed by atoms with Crippen LogP contribution < -0.4 is 14.2 Å². The summed E-state index contributed by atoms with van der Waals surface area (Å²) >= 11 is 0. The molecule has 3 aliphatic heterocycles. The molecule has 2 amide bonds. The number of nitrogens with one attached hydrogen (secondary N) is 1. The van der Waals surface area contributed by atoms with Crippen molar-refractivity contribution in [2.75, 3.05) is 46.0 Å². The van der Waals surface area contributed by atoms with E-state index >= 15 is 4.79 Å². The number of sulfonamides is 1. The van der Waals surface area contributed by atoms with E-state index in [1.165, 1.54) is 4.90 Å². The number of hydrogen-bond donors (Lipinski definition) is 1. The molecule has 0 spiro atoms. The van der Waals surface area contributed by atoms with Crippen molar-refractivity contribution in [3.63, 3.8) is 0 Å². The van der Waals surface area contributed by atoms with Crippen LogP contribution in [0.3, 0.4) is 0 Å². The molecule has 7 atom stereocenters. The number of esters is 1. The van der Waals surface area contributed by atoms with Crippen molar-refractivity contribution < 1.29 is 46.5 Å². The Labute approximate surface area is 390 Å². The molecule has 3 saturated carbocycles. The Hall–Kier alpha value is -4.34. The Morgan fingerprint density at radius 1 is 1.03 bits per heavy atom. The second kappa shape index (κ2) is 19.3. The van der Waals surface area contributed by atoms with E-state index in [2.05, 4.69) is 22.8 Å². The Balaban J connectivity index is 1.14. The van der Waals surface area contributed by atoms with Gasteiger partial charge in [-0.3, -0.25) is 28.8 Å². The maximum Gasteiger partial charge on any atom is 0.306 e. The first-order valence-electron chi connectivity index (χ1n) is 24.4. The Morgan fingerprint density at radius 3 is 2.47 bits per heavy atom. The molecule has 3 aliphatic carbocycles. The fourth-order valence-electron chi connectivity index (χ4n) is 11.1. The molecule has 1 aromatic carbocycles. The topological polar surface area (TPSA) is 171 Å². The maximum absolute atomic E-state index is 15.1. The summed E-state index contributed by atoms with van der Waals surface area (Å²) < 4.78 is 53.8. The highest BCUT2D eigenvalue weighted by Crippen LogP contribution is 2.58. The lowest BCUT2D eigenvalue weighted by Gasteiger charge is -2.35. The number of benzene rings is 1. The molecule has 2 bridgehead atoms.